The Labute approximate surface area is 201 Å². The lowest BCUT2D eigenvalue weighted by atomic mass is 10.2. The molecule has 0 saturated carbocycles. The summed E-state index contributed by atoms with van der Waals surface area (Å²) >= 11 is 0. The normalized spacial score (nSPS) is 16.0. The predicted octanol–water partition coefficient (Wildman–Crippen LogP) is 1.95. The van der Waals surface area contributed by atoms with Gasteiger partial charge in [0.2, 0.25) is 10.0 Å². The number of amides is 1. The molecule has 186 valence electrons. The van der Waals surface area contributed by atoms with Crippen LogP contribution in [-0.4, -0.2) is 84.3 Å². The quantitative estimate of drug-likeness (QED) is 0.499. The van der Waals surface area contributed by atoms with Crippen LogP contribution in [0.15, 0.2) is 47.5 Å². The Morgan fingerprint density at radius 3 is 2.26 bits per heavy atom. The van der Waals surface area contributed by atoms with Gasteiger partial charge in [0.05, 0.1) is 0 Å². The van der Waals surface area contributed by atoms with E-state index in [0.29, 0.717) is 26.2 Å². The van der Waals surface area contributed by atoms with Gasteiger partial charge in [0.25, 0.3) is 5.91 Å². The summed E-state index contributed by atoms with van der Waals surface area (Å²) in [6.07, 6.45) is 0.425. The molecule has 0 N–H and O–H groups in total. The van der Waals surface area contributed by atoms with Gasteiger partial charge in [-0.1, -0.05) is 44.2 Å². The van der Waals surface area contributed by atoms with E-state index in [1.54, 1.807) is 32.7 Å². The second kappa shape index (κ2) is 11.2. The molecular formula is C24H34N4O5S. The smallest absolute Gasteiger partial charge is 0.355 e. The summed E-state index contributed by atoms with van der Waals surface area (Å²) < 4.78 is 33.7. The van der Waals surface area contributed by atoms with Gasteiger partial charge in [0.1, 0.15) is 10.6 Å². The molecule has 0 bridgehead atoms. The summed E-state index contributed by atoms with van der Waals surface area (Å²) in [5, 5.41) is 0. The topological polar surface area (TPSA) is 92.2 Å². The van der Waals surface area contributed by atoms with Crippen LogP contribution in [0.25, 0.3) is 0 Å². The van der Waals surface area contributed by atoms with E-state index in [2.05, 4.69) is 17.0 Å². The lowest BCUT2D eigenvalue weighted by molar-refractivity contribution is -0.141. The van der Waals surface area contributed by atoms with Crippen molar-refractivity contribution in [2.75, 3.05) is 39.3 Å². The Morgan fingerprint density at radius 1 is 1.06 bits per heavy atom. The molecule has 1 amide bonds. The highest BCUT2D eigenvalue weighted by molar-refractivity contribution is 7.89. The van der Waals surface area contributed by atoms with Crippen molar-refractivity contribution < 1.29 is 22.7 Å². The molecule has 0 aliphatic carbocycles. The van der Waals surface area contributed by atoms with Gasteiger partial charge in [-0.25, -0.2) is 13.2 Å². The molecule has 1 unspecified atom stereocenters. The fourth-order valence-electron chi connectivity index (χ4n) is 4.09. The number of nitrogens with zero attached hydrogens (tertiary/aromatic N) is 4. The maximum Gasteiger partial charge on any atom is 0.355 e. The lowest BCUT2D eigenvalue weighted by Gasteiger charge is -2.35. The predicted molar refractivity (Wildman–Crippen MR) is 129 cm³/mol. The third-order valence-electron chi connectivity index (χ3n) is 6.10. The maximum absolute atomic E-state index is 12.9. The number of carbonyl (C=O) groups is 2. The first-order chi connectivity index (χ1) is 16.2. The van der Waals surface area contributed by atoms with E-state index in [0.717, 1.165) is 19.6 Å². The molecule has 34 heavy (non-hydrogen) atoms. The van der Waals surface area contributed by atoms with Gasteiger partial charge in [-0.05, 0) is 18.6 Å². The fourth-order valence-corrected chi connectivity index (χ4v) is 5.62. The van der Waals surface area contributed by atoms with Crippen molar-refractivity contribution in [2.45, 2.75) is 38.3 Å². The fraction of sp³-hybridized carbons (Fsp3) is 0.500. The number of rotatable bonds is 9. The van der Waals surface area contributed by atoms with Gasteiger partial charge >= 0.3 is 5.97 Å². The first-order valence-corrected chi connectivity index (χ1v) is 13.0. The highest BCUT2D eigenvalue weighted by Gasteiger charge is 2.30. The zero-order chi connectivity index (χ0) is 24.9. The van der Waals surface area contributed by atoms with Crippen LogP contribution in [0.2, 0.25) is 0 Å². The standard InChI is InChI=1S/C24H34N4O5S/c1-5-28(6-2)34(31,32)21-16-22(25(4)18-21)24(30)33-19(3)23(29)27-14-12-26(13-15-27)17-20-10-8-7-9-11-20/h7-11,16,18-19H,5-6,12-15,17H2,1-4H3. The van der Waals surface area contributed by atoms with Gasteiger partial charge in [-0.2, -0.15) is 4.31 Å². The Morgan fingerprint density at radius 2 is 1.68 bits per heavy atom. The summed E-state index contributed by atoms with van der Waals surface area (Å²) in [6, 6.07) is 11.5. The zero-order valence-corrected chi connectivity index (χ0v) is 21.1. The van der Waals surface area contributed by atoms with Crippen molar-refractivity contribution in [3.8, 4) is 0 Å². The van der Waals surface area contributed by atoms with E-state index in [1.165, 1.54) is 26.7 Å². The van der Waals surface area contributed by atoms with Crippen molar-refractivity contribution in [2.24, 2.45) is 7.05 Å². The van der Waals surface area contributed by atoms with E-state index < -0.39 is 22.1 Å². The number of hydrogen-bond acceptors (Lipinski definition) is 6. The van der Waals surface area contributed by atoms with Crippen molar-refractivity contribution in [1.29, 1.82) is 0 Å². The van der Waals surface area contributed by atoms with Gasteiger partial charge in [0.15, 0.2) is 6.10 Å². The van der Waals surface area contributed by atoms with Crippen LogP contribution in [0.1, 0.15) is 36.8 Å². The molecule has 2 aromatic rings. The number of aromatic nitrogens is 1. The Hall–Kier alpha value is -2.69. The monoisotopic (exact) mass is 490 g/mol. The van der Waals surface area contributed by atoms with E-state index in [-0.39, 0.29) is 16.5 Å². The van der Waals surface area contributed by atoms with E-state index in [4.69, 9.17) is 4.74 Å². The third-order valence-corrected chi connectivity index (χ3v) is 8.11. The second-order valence-corrected chi connectivity index (χ2v) is 10.3. The average Bonchev–Trinajstić information content (AvgIpc) is 3.23. The zero-order valence-electron chi connectivity index (χ0n) is 20.3. The molecule has 0 spiro atoms. The number of aryl methyl sites for hydroxylation is 1. The molecule has 10 heteroatoms. The molecule has 1 saturated heterocycles. The molecule has 3 rings (SSSR count). The van der Waals surface area contributed by atoms with E-state index >= 15 is 0 Å². The Bertz CT molecular complexity index is 1090. The molecule has 9 nitrogen and oxygen atoms in total. The molecule has 0 radical (unpaired) electrons. The van der Waals surface area contributed by atoms with Crippen LogP contribution in [0, 0.1) is 0 Å². The first kappa shape index (κ1) is 25.9. The second-order valence-electron chi connectivity index (χ2n) is 8.40. The number of hydrogen-bond donors (Lipinski definition) is 0. The SMILES string of the molecule is CCN(CC)S(=O)(=O)c1cc(C(=O)OC(C)C(=O)N2CCN(Cc3ccccc3)CC2)n(C)c1. The van der Waals surface area contributed by atoms with Crippen LogP contribution < -0.4 is 0 Å². The molecule has 1 aliphatic rings. The number of benzene rings is 1. The van der Waals surface area contributed by atoms with Crippen molar-refractivity contribution in [1.82, 2.24) is 18.7 Å². The van der Waals surface area contributed by atoms with Gasteiger partial charge in [-0.15, -0.1) is 0 Å². The van der Waals surface area contributed by atoms with Crippen molar-refractivity contribution in [3.63, 3.8) is 0 Å². The summed E-state index contributed by atoms with van der Waals surface area (Å²) in [5.74, 6) is -0.982. The molecule has 2 heterocycles. The maximum atomic E-state index is 12.9. The van der Waals surface area contributed by atoms with Crippen LogP contribution in [0.4, 0.5) is 0 Å². The minimum absolute atomic E-state index is 0.0270. The van der Waals surface area contributed by atoms with Crippen LogP contribution >= 0.6 is 0 Å². The van der Waals surface area contributed by atoms with Gasteiger partial charge < -0.3 is 14.2 Å². The average molecular weight is 491 g/mol. The van der Waals surface area contributed by atoms with Crippen LogP contribution in [0.5, 0.6) is 0 Å². The van der Waals surface area contributed by atoms with Crippen LogP contribution in [0.3, 0.4) is 0 Å². The van der Waals surface area contributed by atoms with Crippen LogP contribution in [-0.2, 0) is 33.1 Å². The van der Waals surface area contributed by atoms with Crippen molar-refractivity contribution in [3.05, 3.63) is 53.9 Å². The highest BCUT2D eigenvalue weighted by Crippen LogP contribution is 2.20. The summed E-state index contributed by atoms with van der Waals surface area (Å²) in [6.45, 7) is 9.16. The largest absolute Gasteiger partial charge is 0.448 e. The summed E-state index contributed by atoms with van der Waals surface area (Å²) in [5.41, 5.74) is 1.31. The van der Waals surface area contributed by atoms with Gasteiger partial charge in [0, 0.05) is 59.1 Å². The number of carbonyl (C=O) groups excluding carboxylic acids is 2. The van der Waals surface area contributed by atoms with E-state index in [9.17, 15) is 18.0 Å². The van der Waals surface area contributed by atoms with Crippen molar-refractivity contribution >= 4 is 21.9 Å². The molecule has 1 aromatic carbocycles. The number of piperazine rings is 1. The lowest BCUT2D eigenvalue weighted by Crippen LogP contribution is -2.51. The third kappa shape index (κ3) is 5.86. The Balaban J connectivity index is 1.57. The molecular weight excluding hydrogens is 456 g/mol. The molecule has 1 aromatic heterocycles. The summed E-state index contributed by atoms with van der Waals surface area (Å²) in [7, 11) is -2.12. The summed E-state index contributed by atoms with van der Waals surface area (Å²) in [4.78, 5) is 29.6. The minimum Gasteiger partial charge on any atom is -0.448 e. The molecule has 1 fully saturated rings. The first-order valence-electron chi connectivity index (χ1n) is 11.6. The number of sulfonamides is 1. The molecule has 1 aliphatic heterocycles. The Kier molecular flexibility index (Phi) is 8.51. The van der Waals surface area contributed by atoms with E-state index in [1.807, 2.05) is 18.2 Å². The minimum atomic E-state index is -3.70. The number of ether oxygens (including phenoxy) is 1. The molecule has 1 atom stereocenters. The van der Waals surface area contributed by atoms with Gasteiger partial charge in [-0.3, -0.25) is 9.69 Å². The highest BCUT2D eigenvalue weighted by atomic mass is 32.2. The number of esters is 1.